The van der Waals surface area contributed by atoms with Gasteiger partial charge in [0.1, 0.15) is 10.8 Å². The number of methoxy groups -OCH3 is 1. The highest BCUT2D eigenvalue weighted by atomic mass is 32.1. The third-order valence-corrected chi connectivity index (χ3v) is 7.20. The Bertz CT molecular complexity index is 1070. The van der Waals surface area contributed by atoms with Gasteiger partial charge in [-0.2, -0.15) is 0 Å². The number of thiazole rings is 1. The number of benzene rings is 2. The van der Waals surface area contributed by atoms with Gasteiger partial charge in [0.25, 0.3) is 0 Å². The first-order valence-corrected chi connectivity index (χ1v) is 12.7. The van der Waals surface area contributed by atoms with Crippen molar-refractivity contribution in [2.45, 2.75) is 32.1 Å². The number of hydrogen-bond donors (Lipinski definition) is 1. The summed E-state index contributed by atoms with van der Waals surface area (Å²) in [6.45, 7) is 1.87. The van der Waals surface area contributed by atoms with Crippen LogP contribution in [0.15, 0.2) is 60.0 Å². The summed E-state index contributed by atoms with van der Waals surface area (Å²) >= 11 is 1.63. The third-order valence-electron chi connectivity index (χ3n) is 6.26. The molecule has 1 N–H and O–H groups in total. The molecule has 0 saturated carbocycles. The number of piperidine rings is 1. The van der Waals surface area contributed by atoms with Gasteiger partial charge in [-0.25, -0.2) is 4.98 Å². The zero-order valence-electron chi connectivity index (χ0n) is 19.5. The van der Waals surface area contributed by atoms with Crippen molar-refractivity contribution in [2.75, 3.05) is 26.7 Å². The molecule has 4 rings (SSSR count). The number of rotatable bonds is 9. The summed E-state index contributed by atoms with van der Waals surface area (Å²) in [5.41, 5.74) is 3.24. The second kappa shape index (κ2) is 11.8. The fourth-order valence-electron chi connectivity index (χ4n) is 4.19. The van der Waals surface area contributed by atoms with E-state index in [-0.39, 0.29) is 17.7 Å². The van der Waals surface area contributed by atoms with Crippen molar-refractivity contribution < 1.29 is 14.3 Å². The first kappa shape index (κ1) is 24.0. The third kappa shape index (κ3) is 6.44. The minimum absolute atomic E-state index is 0.0269. The predicted molar refractivity (Wildman–Crippen MR) is 135 cm³/mol. The summed E-state index contributed by atoms with van der Waals surface area (Å²) < 4.78 is 5.17. The second-order valence-electron chi connectivity index (χ2n) is 8.55. The first-order chi connectivity index (χ1) is 16.6. The van der Waals surface area contributed by atoms with E-state index in [1.54, 1.807) is 18.4 Å². The minimum atomic E-state index is -0.0269. The van der Waals surface area contributed by atoms with Crippen LogP contribution in [0.4, 0.5) is 0 Å². The van der Waals surface area contributed by atoms with E-state index in [1.165, 1.54) is 0 Å². The predicted octanol–water partition coefficient (Wildman–Crippen LogP) is 4.35. The van der Waals surface area contributed by atoms with Crippen molar-refractivity contribution in [1.82, 2.24) is 15.2 Å². The lowest BCUT2D eigenvalue weighted by Crippen LogP contribution is -2.43. The molecule has 1 aliphatic rings. The number of nitrogens with one attached hydrogen (secondary N) is 1. The van der Waals surface area contributed by atoms with Gasteiger partial charge < -0.3 is 15.0 Å². The number of amides is 2. The number of aromatic nitrogens is 1. The Kier molecular flexibility index (Phi) is 8.31. The van der Waals surface area contributed by atoms with Gasteiger partial charge in [0.2, 0.25) is 11.8 Å². The van der Waals surface area contributed by atoms with Crippen molar-refractivity contribution in [3.63, 3.8) is 0 Å². The molecule has 1 fully saturated rings. The molecule has 178 valence electrons. The molecular weight excluding hydrogens is 446 g/mol. The maximum atomic E-state index is 12.6. The number of carbonyl (C=O) groups is 2. The van der Waals surface area contributed by atoms with Crippen LogP contribution in [0, 0.1) is 5.92 Å². The van der Waals surface area contributed by atoms with Gasteiger partial charge in [-0.1, -0.05) is 42.5 Å². The van der Waals surface area contributed by atoms with E-state index < -0.39 is 0 Å². The quantitative estimate of drug-likeness (QED) is 0.497. The monoisotopic (exact) mass is 477 g/mol. The Morgan fingerprint density at radius 3 is 2.50 bits per heavy atom. The molecule has 2 aromatic carbocycles. The number of ether oxygens (including phenoxy) is 1. The molecule has 0 radical (unpaired) electrons. The molecule has 2 amide bonds. The van der Waals surface area contributed by atoms with Crippen LogP contribution >= 0.6 is 11.3 Å². The molecular formula is C27H31N3O3S. The number of likely N-dealkylation sites (tertiary alicyclic amines) is 1. The average molecular weight is 478 g/mol. The van der Waals surface area contributed by atoms with Crippen molar-refractivity contribution in [1.29, 1.82) is 0 Å². The van der Waals surface area contributed by atoms with Gasteiger partial charge in [0, 0.05) is 49.3 Å². The average Bonchev–Trinajstić information content (AvgIpc) is 3.37. The van der Waals surface area contributed by atoms with Crippen molar-refractivity contribution >= 4 is 23.2 Å². The SMILES string of the molecule is COc1ccc(CCC(=O)N2CCC(C(=O)NCCc3csc(-c4ccccc4)n3)CC2)cc1. The summed E-state index contributed by atoms with van der Waals surface area (Å²) in [4.78, 5) is 31.8. The number of aryl methyl sites for hydroxylation is 1. The van der Waals surface area contributed by atoms with Crippen molar-refractivity contribution in [2.24, 2.45) is 5.92 Å². The minimum Gasteiger partial charge on any atom is -0.497 e. The summed E-state index contributed by atoms with van der Waals surface area (Å²) in [7, 11) is 1.64. The normalized spacial score (nSPS) is 14.1. The maximum absolute atomic E-state index is 12.6. The Labute approximate surface area is 205 Å². The lowest BCUT2D eigenvalue weighted by Gasteiger charge is -2.31. The van der Waals surface area contributed by atoms with Gasteiger partial charge in [0.15, 0.2) is 0 Å². The topological polar surface area (TPSA) is 71.5 Å². The van der Waals surface area contributed by atoms with Crippen LogP contribution in [0.5, 0.6) is 5.75 Å². The van der Waals surface area contributed by atoms with Gasteiger partial charge in [0.05, 0.1) is 12.8 Å². The van der Waals surface area contributed by atoms with E-state index in [0.717, 1.165) is 46.8 Å². The number of hydrogen-bond acceptors (Lipinski definition) is 5. The van der Waals surface area contributed by atoms with E-state index in [4.69, 9.17) is 4.74 Å². The van der Waals surface area contributed by atoms with Crippen LogP contribution in [-0.2, 0) is 22.4 Å². The molecule has 1 aliphatic heterocycles. The smallest absolute Gasteiger partial charge is 0.223 e. The fourth-order valence-corrected chi connectivity index (χ4v) is 5.05. The van der Waals surface area contributed by atoms with Gasteiger partial charge in [-0.15, -0.1) is 11.3 Å². The molecule has 3 aromatic rings. The molecule has 0 spiro atoms. The van der Waals surface area contributed by atoms with Crippen LogP contribution in [-0.4, -0.2) is 48.4 Å². The molecule has 6 nitrogen and oxygen atoms in total. The van der Waals surface area contributed by atoms with E-state index in [1.807, 2.05) is 47.4 Å². The molecule has 2 heterocycles. The molecule has 34 heavy (non-hydrogen) atoms. The van der Waals surface area contributed by atoms with E-state index in [9.17, 15) is 9.59 Å². The van der Waals surface area contributed by atoms with Crippen LogP contribution < -0.4 is 10.1 Å². The highest BCUT2D eigenvalue weighted by molar-refractivity contribution is 7.13. The van der Waals surface area contributed by atoms with Crippen molar-refractivity contribution in [3.8, 4) is 16.3 Å². The van der Waals surface area contributed by atoms with Crippen LogP contribution in [0.25, 0.3) is 10.6 Å². The number of carbonyl (C=O) groups excluding carboxylic acids is 2. The zero-order valence-corrected chi connectivity index (χ0v) is 20.4. The second-order valence-corrected chi connectivity index (χ2v) is 9.41. The zero-order chi connectivity index (χ0) is 23.8. The Balaban J connectivity index is 1.15. The van der Waals surface area contributed by atoms with E-state index in [2.05, 4.69) is 27.8 Å². The fraction of sp³-hybridized carbons (Fsp3) is 0.370. The summed E-state index contributed by atoms with van der Waals surface area (Å²) in [6, 6.07) is 18.0. The molecule has 0 atom stereocenters. The van der Waals surface area contributed by atoms with Gasteiger partial charge in [-0.05, 0) is 37.0 Å². The molecule has 0 unspecified atom stereocenters. The lowest BCUT2D eigenvalue weighted by molar-refractivity contribution is -0.135. The van der Waals surface area contributed by atoms with Crippen molar-refractivity contribution in [3.05, 3.63) is 71.2 Å². The molecule has 0 bridgehead atoms. The first-order valence-electron chi connectivity index (χ1n) is 11.8. The Hall–Kier alpha value is -3.19. The summed E-state index contributed by atoms with van der Waals surface area (Å²) in [5, 5.41) is 6.13. The van der Waals surface area contributed by atoms with E-state index in [0.29, 0.717) is 32.5 Å². The molecule has 1 aromatic heterocycles. The van der Waals surface area contributed by atoms with Crippen LogP contribution in [0.3, 0.4) is 0 Å². The summed E-state index contributed by atoms with van der Waals surface area (Å²) in [6.07, 6.45) is 3.36. The Morgan fingerprint density at radius 1 is 1.06 bits per heavy atom. The van der Waals surface area contributed by atoms with Gasteiger partial charge >= 0.3 is 0 Å². The molecule has 0 aliphatic carbocycles. The Morgan fingerprint density at radius 2 is 1.79 bits per heavy atom. The maximum Gasteiger partial charge on any atom is 0.223 e. The van der Waals surface area contributed by atoms with Crippen LogP contribution in [0.1, 0.15) is 30.5 Å². The lowest BCUT2D eigenvalue weighted by atomic mass is 9.95. The molecule has 1 saturated heterocycles. The largest absolute Gasteiger partial charge is 0.497 e. The summed E-state index contributed by atoms with van der Waals surface area (Å²) in [5.74, 6) is 1.04. The highest BCUT2D eigenvalue weighted by Gasteiger charge is 2.27. The molecule has 7 heteroatoms. The van der Waals surface area contributed by atoms with E-state index >= 15 is 0 Å². The van der Waals surface area contributed by atoms with Gasteiger partial charge in [-0.3, -0.25) is 9.59 Å². The standard InChI is InChI=1S/C27H31N3O3S/c1-33-24-10-7-20(8-11-24)9-12-25(31)30-17-14-21(15-18-30)26(32)28-16-13-23-19-34-27(29-23)22-5-3-2-4-6-22/h2-8,10-11,19,21H,9,12-18H2,1H3,(H,28,32). The highest BCUT2D eigenvalue weighted by Crippen LogP contribution is 2.23. The number of nitrogens with zero attached hydrogens (tertiary/aromatic N) is 2. The van der Waals surface area contributed by atoms with Crippen LogP contribution in [0.2, 0.25) is 0 Å².